The average molecular weight is 364 g/mol. The predicted octanol–water partition coefficient (Wildman–Crippen LogP) is 5.68. The van der Waals surface area contributed by atoms with Gasteiger partial charge in [0.25, 0.3) is 0 Å². The fraction of sp³-hybridized carbons (Fsp3) is 0.348. The highest BCUT2D eigenvalue weighted by atomic mass is 19.1. The van der Waals surface area contributed by atoms with Crippen molar-refractivity contribution in [2.75, 3.05) is 10.6 Å². The van der Waals surface area contributed by atoms with Gasteiger partial charge in [-0.2, -0.15) is 0 Å². The highest BCUT2D eigenvalue weighted by Crippen LogP contribution is 2.42. The van der Waals surface area contributed by atoms with Gasteiger partial charge in [-0.05, 0) is 54.5 Å². The number of rotatable bonds is 3. The van der Waals surface area contributed by atoms with Crippen molar-refractivity contribution in [2.24, 2.45) is 11.8 Å². The lowest BCUT2D eigenvalue weighted by molar-refractivity contribution is -0.117. The third-order valence-corrected chi connectivity index (χ3v) is 5.40. The van der Waals surface area contributed by atoms with Gasteiger partial charge in [-0.15, -0.1) is 0 Å². The van der Waals surface area contributed by atoms with Gasteiger partial charge in [0.1, 0.15) is 5.82 Å². The van der Waals surface area contributed by atoms with E-state index in [4.69, 9.17) is 0 Å². The van der Waals surface area contributed by atoms with E-state index in [0.717, 1.165) is 41.1 Å². The summed E-state index contributed by atoms with van der Waals surface area (Å²) >= 11 is 0. The molecule has 3 nitrogen and oxygen atoms in total. The Morgan fingerprint density at radius 1 is 1.04 bits per heavy atom. The number of benzene rings is 2. The van der Waals surface area contributed by atoms with Crippen LogP contribution in [0.3, 0.4) is 0 Å². The van der Waals surface area contributed by atoms with Crippen LogP contribution >= 0.6 is 0 Å². The van der Waals surface area contributed by atoms with Gasteiger partial charge in [0, 0.05) is 17.7 Å². The number of ketones is 1. The molecule has 1 heterocycles. The van der Waals surface area contributed by atoms with Crippen molar-refractivity contribution in [2.45, 2.75) is 39.2 Å². The third kappa shape index (κ3) is 3.61. The molecule has 0 aromatic heterocycles. The second kappa shape index (κ2) is 7.18. The van der Waals surface area contributed by atoms with Gasteiger partial charge in [0.15, 0.2) is 5.78 Å². The molecule has 140 valence electrons. The van der Waals surface area contributed by atoms with E-state index >= 15 is 0 Å². The lowest BCUT2D eigenvalue weighted by Gasteiger charge is -2.30. The maximum absolute atomic E-state index is 13.4. The summed E-state index contributed by atoms with van der Waals surface area (Å²) in [5, 5.41) is 7.05. The van der Waals surface area contributed by atoms with Crippen molar-refractivity contribution >= 4 is 17.2 Å². The first kappa shape index (κ1) is 17.8. The van der Waals surface area contributed by atoms with Crippen LogP contribution in [0.25, 0.3) is 0 Å². The number of nitrogens with one attached hydrogen (secondary N) is 2. The number of allylic oxidation sites excluding steroid dienone is 1. The standard InChI is InChI=1S/C23H25FN2O/c1-14(2)11-15-12-20-22(21(27)13-15)23(16-7-9-17(24)10-8-16)26-19-6-4-3-5-18(19)25-20/h3-10,14-15,23,25-26H,11-13H2,1-2H3. The summed E-state index contributed by atoms with van der Waals surface area (Å²) in [7, 11) is 0. The topological polar surface area (TPSA) is 41.1 Å². The summed E-state index contributed by atoms with van der Waals surface area (Å²) in [6.07, 6.45) is 2.49. The van der Waals surface area contributed by atoms with Crippen LogP contribution in [0.1, 0.15) is 44.7 Å². The quantitative estimate of drug-likeness (QED) is 0.736. The normalized spacial score (nSPS) is 21.9. The van der Waals surface area contributed by atoms with Crippen LogP contribution in [0.4, 0.5) is 15.8 Å². The molecule has 2 atom stereocenters. The predicted molar refractivity (Wildman–Crippen MR) is 107 cm³/mol. The molecule has 0 amide bonds. The van der Waals surface area contributed by atoms with Crippen LogP contribution in [0, 0.1) is 17.7 Å². The SMILES string of the molecule is CC(C)CC1CC(=O)C2=C(C1)Nc1ccccc1NC2c1ccc(F)cc1. The molecule has 0 saturated carbocycles. The Kier molecular flexibility index (Phi) is 4.73. The Hall–Kier alpha value is -2.62. The number of carbonyl (C=O) groups excluding carboxylic acids is 1. The monoisotopic (exact) mass is 364 g/mol. The molecule has 0 saturated heterocycles. The Morgan fingerprint density at radius 3 is 2.44 bits per heavy atom. The van der Waals surface area contributed by atoms with E-state index in [2.05, 4.69) is 24.5 Å². The Labute approximate surface area is 159 Å². The van der Waals surface area contributed by atoms with E-state index < -0.39 is 0 Å². The van der Waals surface area contributed by atoms with E-state index in [9.17, 15) is 9.18 Å². The highest BCUT2D eigenvalue weighted by Gasteiger charge is 2.35. The molecule has 2 aromatic carbocycles. The average Bonchev–Trinajstić information content (AvgIpc) is 2.78. The summed E-state index contributed by atoms with van der Waals surface area (Å²) in [6.45, 7) is 4.40. The third-order valence-electron chi connectivity index (χ3n) is 5.40. The molecule has 0 radical (unpaired) electrons. The van der Waals surface area contributed by atoms with E-state index in [1.165, 1.54) is 12.1 Å². The highest BCUT2D eigenvalue weighted by molar-refractivity contribution is 6.00. The first-order chi connectivity index (χ1) is 13.0. The van der Waals surface area contributed by atoms with E-state index in [-0.39, 0.29) is 17.6 Å². The van der Waals surface area contributed by atoms with Gasteiger partial charge >= 0.3 is 0 Å². The molecule has 1 aliphatic carbocycles. The van der Waals surface area contributed by atoms with Crippen LogP contribution in [0.15, 0.2) is 59.8 Å². The summed E-state index contributed by atoms with van der Waals surface area (Å²) in [5.41, 5.74) is 4.63. The van der Waals surface area contributed by atoms with Crippen LogP contribution in [-0.2, 0) is 4.79 Å². The van der Waals surface area contributed by atoms with Crippen LogP contribution in [0.2, 0.25) is 0 Å². The number of halogens is 1. The Balaban J connectivity index is 1.79. The second-order valence-corrected chi connectivity index (χ2v) is 8.02. The van der Waals surface area contributed by atoms with Crippen molar-refractivity contribution in [3.8, 4) is 0 Å². The summed E-state index contributed by atoms with van der Waals surface area (Å²) in [6, 6.07) is 14.2. The number of anilines is 2. The number of carbonyl (C=O) groups is 1. The molecule has 2 unspecified atom stereocenters. The zero-order chi connectivity index (χ0) is 19.0. The molecular formula is C23H25FN2O. The number of hydrogen-bond acceptors (Lipinski definition) is 3. The van der Waals surface area contributed by atoms with Gasteiger partial charge < -0.3 is 10.6 Å². The van der Waals surface area contributed by atoms with E-state index in [1.54, 1.807) is 12.1 Å². The number of Topliss-reactive ketones (excluding diaryl/α,β-unsaturated/α-hetero) is 1. The minimum absolute atomic E-state index is 0.184. The maximum atomic E-state index is 13.4. The molecule has 4 heteroatoms. The van der Waals surface area contributed by atoms with Gasteiger partial charge in [-0.3, -0.25) is 4.79 Å². The molecule has 27 heavy (non-hydrogen) atoms. The molecule has 0 bridgehead atoms. The Bertz CT molecular complexity index is 886. The van der Waals surface area contributed by atoms with Crippen molar-refractivity contribution in [3.05, 3.63) is 71.2 Å². The largest absolute Gasteiger partial charge is 0.372 e. The second-order valence-electron chi connectivity index (χ2n) is 8.02. The molecule has 2 N–H and O–H groups in total. The minimum Gasteiger partial charge on any atom is -0.372 e. The molecule has 1 aliphatic heterocycles. The Morgan fingerprint density at radius 2 is 1.74 bits per heavy atom. The zero-order valence-corrected chi connectivity index (χ0v) is 15.8. The number of para-hydroxylation sites is 2. The first-order valence-corrected chi connectivity index (χ1v) is 9.65. The van der Waals surface area contributed by atoms with Gasteiger partial charge in [0.2, 0.25) is 0 Å². The van der Waals surface area contributed by atoms with E-state index in [1.807, 2.05) is 24.3 Å². The minimum atomic E-state index is -0.274. The molecule has 2 aromatic rings. The molecule has 0 fully saturated rings. The smallest absolute Gasteiger partial charge is 0.163 e. The first-order valence-electron chi connectivity index (χ1n) is 9.65. The summed E-state index contributed by atoms with van der Waals surface area (Å²) in [4.78, 5) is 13.2. The van der Waals surface area contributed by atoms with Crippen LogP contribution < -0.4 is 10.6 Å². The maximum Gasteiger partial charge on any atom is 0.163 e. The fourth-order valence-corrected chi connectivity index (χ4v) is 4.31. The van der Waals surface area contributed by atoms with Crippen LogP contribution in [-0.4, -0.2) is 5.78 Å². The summed E-state index contributed by atoms with van der Waals surface area (Å²) in [5.74, 6) is 0.841. The van der Waals surface area contributed by atoms with E-state index in [0.29, 0.717) is 18.3 Å². The number of hydrogen-bond donors (Lipinski definition) is 2. The molecule has 2 aliphatic rings. The summed E-state index contributed by atoms with van der Waals surface area (Å²) < 4.78 is 13.4. The lowest BCUT2D eigenvalue weighted by Crippen LogP contribution is -2.28. The van der Waals surface area contributed by atoms with Gasteiger partial charge in [0.05, 0.1) is 17.4 Å². The van der Waals surface area contributed by atoms with Crippen molar-refractivity contribution < 1.29 is 9.18 Å². The number of fused-ring (bicyclic) bond motifs is 1. The van der Waals surface area contributed by atoms with Crippen molar-refractivity contribution in [1.82, 2.24) is 0 Å². The van der Waals surface area contributed by atoms with Crippen molar-refractivity contribution in [1.29, 1.82) is 0 Å². The fourth-order valence-electron chi connectivity index (χ4n) is 4.31. The van der Waals surface area contributed by atoms with Gasteiger partial charge in [-0.1, -0.05) is 38.1 Å². The molecular weight excluding hydrogens is 339 g/mol. The van der Waals surface area contributed by atoms with Crippen LogP contribution in [0.5, 0.6) is 0 Å². The van der Waals surface area contributed by atoms with Gasteiger partial charge in [-0.25, -0.2) is 4.39 Å². The zero-order valence-electron chi connectivity index (χ0n) is 15.8. The molecule has 0 spiro atoms. The van der Waals surface area contributed by atoms with Crippen molar-refractivity contribution in [3.63, 3.8) is 0 Å². The lowest BCUT2D eigenvalue weighted by atomic mass is 9.78. The molecule has 4 rings (SSSR count).